The molecule has 0 saturated heterocycles. The summed E-state index contributed by atoms with van der Waals surface area (Å²) in [6.07, 6.45) is 7.11. The fourth-order valence-corrected chi connectivity index (χ4v) is 8.11. The number of rotatable bonds is 9. The van der Waals surface area contributed by atoms with E-state index in [4.69, 9.17) is 18.9 Å². The Labute approximate surface area is 197 Å². The lowest BCUT2D eigenvalue weighted by atomic mass is 9.86. The summed E-state index contributed by atoms with van der Waals surface area (Å²) in [6, 6.07) is 11.3. The van der Waals surface area contributed by atoms with E-state index in [9.17, 15) is 0 Å². The molecule has 0 radical (unpaired) electrons. The van der Waals surface area contributed by atoms with Crippen molar-refractivity contribution in [2.75, 3.05) is 28.4 Å². The number of hydrogen-bond acceptors (Lipinski definition) is 5. The second-order valence-corrected chi connectivity index (χ2v) is 12.2. The minimum Gasteiger partial charge on any atom is -0.496 e. The summed E-state index contributed by atoms with van der Waals surface area (Å²) in [5.41, 5.74) is 2.44. The molecule has 0 aromatic heterocycles. The summed E-state index contributed by atoms with van der Waals surface area (Å²) in [7, 11) is 3.52. The lowest BCUT2D eigenvalue weighted by Crippen LogP contribution is -2.19. The second kappa shape index (κ2) is 10.1. The summed E-state index contributed by atoms with van der Waals surface area (Å²) in [5.74, 6) is 2.68. The van der Waals surface area contributed by atoms with Gasteiger partial charge in [-0.15, -0.1) is 0 Å². The lowest BCUT2D eigenvalue weighted by Gasteiger charge is -2.33. The van der Waals surface area contributed by atoms with E-state index in [-0.39, 0.29) is 11.1 Å². The van der Waals surface area contributed by atoms with Crippen LogP contribution in [0.15, 0.2) is 60.2 Å². The molecule has 0 bridgehead atoms. The zero-order chi connectivity index (χ0) is 24.2. The monoisotopic (exact) mass is 470 g/mol. The standard InChI is InChI=1S/C27H35O5P/c1-19-16-27(2,3)15-14-26(19)33(28,17-20-22(29-4)10-8-11-23(20)30-5)18-21-24(31-6)12-9-13-25(21)32-7/h8-16,26H,17-18H2,1-7H3. The van der Waals surface area contributed by atoms with Gasteiger partial charge in [0.1, 0.15) is 30.1 Å². The largest absolute Gasteiger partial charge is 0.496 e. The second-order valence-electron chi connectivity index (χ2n) is 9.06. The molecule has 0 amide bonds. The fraction of sp³-hybridized carbons (Fsp3) is 0.407. The molecule has 2 aromatic rings. The first-order valence-corrected chi connectivity index (χ1v) is 13.2. The number of benzene rings is 2. The van der Waals surface area contributed by atoms with E-state index < -0.39 is 7.14 Å². The van der Waals surface area contributed by atoms with Gasteiger partial charge < -0.3 is 23.5 Å². The van der Waals surface area contributed by atoms with Crippen LogP contribution >= 0.6 is 7.14 Å². The van der Waals surface area contributed by atoms with Crippen LogP contribution in [0.5, 0.6) is 23.0 Å². The minimum absolute atomic E-state index is 0.0737. The molecular weight excluding hydrogens is 435 g/mol. The summed E-state index contributed by atoms with van der Waals surface area (Å²) in [6.45, 7) is 6.38. The van der Waals surface area contributed by atoms with Gasteiger partial charge >= 0.3 is 0 Å². The lowest BCUT2D eigenvalue weighted by molar-refractivity contribution is 0.386. The van der Waals surface area contributed by atoms with Gasteiger partial charge in [0.05, 0.1) is 34.1 Å². The van der Waals surface area contributed by atoms with Crippen LogP contribution in [0.2, 0.25) is 0 Å². The summed E-state index contributed by atoms with van der Waals surface area (Å²) in [5, 5.41) is 0. The average Bonchev–Trinajstić information content (AvgIpc) is 2.78. The average molecular weight is 471 g/mol. The molecule has 1 aliphatic rings. The molecule has 1 atom stereocenters. The highest BCUT2D eigenvalue weighted by atomic mass is 31.2. The summed E-state index contributed by atoms with van der Waals surface area (Å²) < 4.78 is 37.6. The topological polar surface area (TPSA) is 54.0 Å². The van der Waals surface area contributed by atoms with Crippen LogP contribution in [0.1, 0.15) is 31.9 Å². The maximum atomic E-state index is 15.1. The highest BCUT2D eigenvalue weighted by Crippen LogP contribution is 2.63. The first-order valence-electron chi connectivity index (χ1n) is 11.0. The normalized spacial score (nSPS) is 17.3. The molecule has 0 saturated carbocycles. The van der Waals surface area contributed by atoms with Gasteiger partial charge in [-0.2, -0.15) is 0 Å². The Morgan fingerprint density at radius 2 is 1.18 bits per heavy atom. The number of allylic oxidation sites excluding steroid dienone is 4. The molecule has 0 N–H and O–H groups in total. The van der Waals surface area contributed by atoms with Crippen LogP contribution in [0.3, 0.4) is 0 Å². The van der Waals surface area contributed by atoms with Gasteiger partial charge in [0.15, 0.2) is 0 Å². The zero-order valence-corrected chi connectivity index (χ0v) is 21.6. The van der Waals surface area contributed by atoms with E-state index in [1.807, 2.05) is 36.4 Å². The van der Waals surface area contributed by atoms with Crippen LogP contribution in [0, 0.1) is 5.41 Å². The van der Waals surface area contributed by atoms with Crippen LogP contribution < -0.4 is 18.9 Å². The first-order chi connectivity index (χ1) is 15.7. The van der Waals surface area contributed by atoms with Gasteiger partial charge in [-0.05, 0) is 31.2 Å². The molecule has 0 heterocycles. The molecule has 2 aromatic carbocycles. The maximum Gasteiger partial charge on any atom is 0.126 e. The van der Waals surface area contributed by atoms with Crippen molar-refractivity contribution in [1.29, 1.82) is 0 Å². The maximum absolute atomic E-state index is 15.1. The third kappa shape index (κ3) is 5.30. The third-order valence-electron chi connectivity index (χ3n) is 6.19. The molecule has 0 spiro atoms. The fourth-order valence-electron chi connectivity index (χ4n) is 4.69. The molecule has 1 aliphatic carbocycles. The molecule has 0 fully saturated rings. The Morgan fingerprint density at radius 1 is 0.788 bits per heavy atom. The molecule has 5 nitrogen and oxygen atoms in total. The van der Waals surface area contributed by atoms with Gasteiger partial charge in [0, 0.05) is 28.9 Å². The van der Waals surface area contributed by atoms with Crippen LogP contribution in [0.25, 0.3) is 0 Å². The molecule has 0 aliphatic heterocycles. The van der Waals surface area contributed by atoms with Crippen LogP contribution in [-0.2, 0) is 16.9 Å². The smallest absolute Gasteiger partial charge is 0.126 e. The van der Waals surface area contributed by atoms with Crippen molar-refractivity contribution in [2.45, 2.75) is 38.8 Å². The molecule has 6 heteroatoms. The Bertz CT molecular complexity index is 994. The van der Waals surface area contributed by atoms with Gasteiger partial charge in [0.25, 0.3) is 0 Å². The van der Waals surface area contributed by atoms with Gasteiger partial charge in [-0.3, -0.25) is 0 Å². The Balaban J connectivity index is 2.18. The molecular formula is C27H35O5P. The van der Waals surface area contributed by atoms with E-state index in [0.29, 0.717) is 35.3 Å². The SMILES string of the molecule is COc1cccc(OC)c1CP(=O)(Cc1c(OC)cccc1OC)C1C=CC(C)(C)C=C1C. The van der Waals surface area contributed by atoms with E-state index >= 15 is 4.57 Å². The highest BCUT2D eigenvalue weighted by molar-refractivity contribution is 7.63. The van der Waals surface area contributed by atoms with Crippen molar-refractivity contribution in [3.8, 4) is 23.0 Å². The van der Waals surface area contributed by atoms with Gasteiger partial charge in [-0.25, -0.2) is 0 Å². The molecule has 3 rings (SSSR count). The minimum atomic E-state index is -2.99. The molecule has 178 valence electrons. The molecule has 33 heavy (non-hydrogen) atoms. The van der Waals surface area contributed by atoms with Gasteiger partial charge in [0.2, 0.25) is 0 Å². The van der Waals surface area contributed by atoms with E-state index in [2.05, 4.69) is 39.0 Å². The quantitative estimate of drug-likeness (QED) is 0.302. The van der Waals surface area contributed by atoms with Crippen molar-refractivity contribution >= 4 is 7.14 Å². The number of methoxy groups -OCH3 is 4. The third-order valence-corrected chi connectivity index (χ3v) is 9.49. The summed E-state index contributed by atoms with van der Waals surface area (Å²) >= 11 is 0. The van der Waals surface area contributed by atoms with Crippen molar-refractivity contribution in [2.24, 2.45) is 5.41 Å². The Kier molecular flexibility index (Phi) is 7.64. The highest BCUT2D eigenvalue weighted by Gasteiger charge is 2.38. The molecule has 1 unspecified atom stereocenters. The number of hydrogen-bond donors (Lipinski definition) is 0. The van der Waals surface area contributed by atoms with Crippen molar-refractivity contribution in [1.82, 2.24) is 0 Å². The van der Waals surface area contributed by atoms with E-state index in [0.717, 1.165) is 16.7 Å². The Morgan fingerprint density at radius 3 is 1.52 bits per heavy atom. The van der Waals surface area contributed by atoms with Crippen LogP contribution in [-0.4, -0.2) is 34.1 Å². The van der Waals surface area contributed by atoms with Crippen LogP contribution in [0.4, 0.5) is 0 Å². The zero-order valence-electron chi connectivity index (χ0n) is 20.7. The van der Waals surface area contributed by atoms with Crippen molar-refractivity contribution < 1.29 is 23.5 Å². The predicted octanol–water partition coefficient (Wildman–Crippen LogP) is 6.70. The van der Waals surface area contributed by atoms with E-state index in [1.165, 1.54) is 0 Å². The van der Waals surface area contributed by atoms with Crippen molar-refractivity contribution in [3.63, 3.8) is 0 Å². The predicted molar refractivity (Wildman–Crippen MR) is 135 cm³/mol. The summed E-state index contributed by atoms with van der Waals surface area (Å²) in [4.78, 5) is 0. The van der Waals surface area contributed by atoms with E-state index in [1.54, 1.807) is 28.4 Å². The Hall–Kier alpha value is -2.65. The van der Waals surface area contributed by atoms with Gasteiger partial charge in [-0.1, -0.05) is 49.8 Å². The van der Waals surface area contributed by atoms with Crippen molar-refractivity contribution in [3.05, 3.63) is 71.3 Å². The number of ether oxygens (including phenoxy) is 4. The first kappa shape index (κ1) is 25.0.